The van der Waals surface area contributed by atoms with Crippen molar-refractivity contribution in [3.8, 4) is 11.5 Å². The Balaban J connectivity index is 1.58. The highest BCUT2D eigenvalue weighted by atomic mass is 19.1. The van der Waals surface area contributed by atoms with Crippen molar-refractivity contribution in [3.05, 3.63) is 83.7 Å². The highest BCUT2D eigenvalue weighted by Crippen LogP contribution is 2.29. The zero-order valence-corrected chi connectivity index (χ0v) is 16.5. The molecule has 1 heterocycles. The van der Waals surface area contributed by atoms with E-state index in [1.165, 1.54) is 23.8 Å². The maximum atomic E-state index is 13.3. The van der Waals surface area contributed by atoms with Gasteiger partial charge in [-0.25, -0.2) is 9.37 Å². The molecular formula is C24H21FN2O2. The molecule has 0 aliphatic rings. The van der Waals surface area contributed by atoms with Crippen LogP contribution < -0.4 is 5.32 Å². The summed E-state index contributed by atoms with van der Waals surface area (Å²) >= 11 is 0. The lowest BCUT2D eigenvalue weighted by molar-refractivity contribution is 0.102. The molecule has 0 fully saturated rings. The zero-order chi connectivity index (χ0) is 20.6. The van der Waals surface area contributed by atoms with Crippen molar-refractivity contribution in [2.24, 2.45) is 0 Å². The van der Waals surface area contributed by atoms with E-state index in [1.807, 2.05) is 12.1 Å². The van der Waals surface area contributed by atoms with Crippen LogP contribution in [-0.2, 0) is 5.41 Å². The van der Waals surface area contributed by atoms with Crippen LogP contribution in [0, 0.1) is 5.82 Å². The Morgan fingerprint density at radius 3 is 2.45 bits per heavy atom. The second-order valence-corrected chi connectivity index (χ2v) is 7.99. The molecule has 4 nitrogen and oxygen atoms in total. The zero-order valence-electron chi connectivity index (χ0n) is 16.5. The summed E-state index contributed by atoms with van der Waals surface area (Å²) in [6, 6.07) is 18.9. The Labute approximate surface area is 168 Å². The van der Waals surface area contributed by atoms with Gasteiger partial charge in [0.05, 0.1) is 0 Å². The van der Waals surface area contributed by atoms with Gasteiger partial charge in [0.1, 0.15) is 11.3 Å². The van der Waals surface area contributed by atoms with Gasteiger partial charge in [-0.3, -0.25) is 4.79 Å². The molecule has 1 amide bonds. The number of hydrogen-bond acceptors (Lipinski definition) is 3. The average molecular weight is 388 g/mol. The molecule has 0 atom stereocenters. The van der Waals surface area contributed by atoms with Gasteiger partial charge in [-0.2, -0.15) is 0 Å². The number of hydrogen-bond donors (Lipinski definition) is 1. The summed E-state index contributed by atoms with van der Waals surface area (Å²) in [5.41, 5.74) is 4.29. The van der Waals surface area contributed by atoms with Crippen LogP contribution in [0.3, 0.4) is 0 Å². The number of carbonyl (C=O) groups excluding carboxylic acids is 1. The van der Waals surface area contributed by atoms with Crippen molar-refractivity contribution in [1.82, 2.24) is 4.98 Å². The molecule has 1 N–H and O–H groups in total. The molecule has 0 saturated heterocycles. The van der Waals surface area contributed by atoms with Gasteiger partial charge < -0.3 is 9.73 Å². The number of nitrogens with one attached hydrogen (secondary N) is 1. The standard InChI is InChI=1S/C24H21FN2O2/c1-24(2,3)17-9-7-15(8-10-17)23-27-20-14-19(11-12-21(20)29-23)26-22(28)16-5-4-6-18(25)13-16/h4-14H,1-3H3,(H,26,28). The molecule has 0 saturated carbocycles. The predicted octanol–water partition coefficient (Wildman–Crippen LogP) is 6.18. The van der Waals surface area contributed by atoms with Crippen molar-refractivity contribution in [2.75, 3.05) is 5.32 Å². The van der Waals surface area contributed by atoms with E-state index in [-0.39, 0.29) is 16.9 Å². The summed E-state index contributed by atoms with van der Waals surface area (Å²) in [6.07, 6.45) is 0. The lowest BCUT2D eigenvalue weighted by Gasteiger charge is -2.18. The number of aromatic nitrogens is 1. The van der Waals surface area contributed by atoms with E-state index in [0.717, 1.165) is 5.56 Å². The minimum absolute atomic E-state index is 0.0780. The average Bonchev–Trinajstić information content (AvgIpc) is 3.11. The normalized spacial score (nSPS) is 11.6. The molecule has 3 aromatic carbocycles. The molecule has 0 radical (unpaired) electrons. The molecule has 4 rings (SSSR count). The fourth-order valence-corrected chi connectivity index (χ4v) is 3.07. The molecule has 5 heteroatoms. The minimum atomic E-state index is -0.452. The predicted molar refractivity (Wildman–Crippen MR) is 112 cm³/mol. The Bertz CT molecular complexity index is 1190. The summed E-state index contributed by atoms with van der Waals surface area (Å²) < 4.78 is 19.2. The van der Waals surface area contributed by atoms with Gasteiger partial charge in [-0.1, -0.05) is 39.0 Å². The SMILES string of the molecule is CC(C)(C)c1ccc(-c2nc3cc(NC(=O)c4cccc(F)c4)ccc3o2)cc1. The lowest BCUT2D eigenvalue weighted by Crippen LogP contribution is -2.11. The number of oxazole rings is 1. The van der Waals surface area contributed by atoms with Gasteiger partial charge in [0.2, 0.25) is 5.89 Å². The smallest absolute Gasteiger partial charge is 0.255 e. The quantitative estimate of drug-likeness (QED) is 0.456. The van der Waals surface area contributed by atoms with Gasteiger partial charge in [-0.05, 0) is 59.5 Å². The fraction of sp³-hybridized carbons (Fsp3) is 0.167. The molecule has 0 aliphatic carbocycles. The largest absolute Gasteiger partial charge is 0.436 e. The third-order valence-electron chi connectivity index (χ3n) is 4.73. The Hall–Kier alpha value is -3.47. The first-order valence-electron chi connectivity index (χ1n) is 9.38. The molecule has 146 valence electrons. The summed E-state index contributed by atoms with van der Waals surface area (Å²) in [5, 5.41) is 2.76. The summed E-state index contributed by atoms with van der Waals surface area (Å²) in [5.74, 6) is -0.314. The lowest BCUT2D eigenvalue weighted by atomic mass is 9.87. The van der Waals surface area contributed by atoms with E-state index in [0.29, 0.717) is 22.7 Å². The van der Waals surface area contributed by atoms with Crippen LogP contribution in [0.25, 0.3) is 22.6 Å². The third-order valence-corrected chi connectivity index (χ3v) is 4.73. The van der Waals surface area contributed by atoms with Gasteiger partial charge in [0, 0.05) is 16.8 Å². The number of nitrogens with zero attached hydrogens (tertiary/aromatic N) is 1. The van der Waals surface area contributed by atoms with E-state index >= 15 is 0 Å². The molecule has 0 unspecified atom stereocenters. The van der Waals surface area contributed by atoms with Crippen LogP contribution in [0.5, 0.6) is 0 Å². The van der Waals surface area contributed by atoms with Crippen molar-refractivity contribution in [2.45, 2.75) is 26.2 Å². The molecule has 0 spiro atoms. The van der Waals surface area contributed by atoms with Crippen LogP contribution in [0.4, 0.5) is 10.1 Å². The van der Waals surface area contributed by atoms with E-state index in [1.54, 1.807) is 24.3 Å². The molecule has 29 heavy (non-hydrogen) atoms. The molecule has 0 bridgehead atoms. The first kappa shape index (κ1) is 18.9. The number of halogens is 1. The number of rotatable bonds is 3. The van der Waals surface area contributed by atoms with Crippen LogP contribution >= 0.6 is 0 Å². The van der Waals surface area contributed by atoms with Crippen molar-refractivity contribution < 1.29 is 13.6 Å². The third kappa shape index (κ3) is 4.04. The van der Waals surface area contributed by atoms with E-state index in [4.69, 9.17) is 4.42 Å². The monoisotopic (exact) mass is 388 g/mol. The Morgan fingerprint density at radius 1 is 1.00 bits per heavy atom. The minimum Gasteiger partial charge on any atom is -0.436 e. The maximum Gasteiger partial charge on any atom is 0.255 e. The highest BCUT2D eigenvalue weighted by molar-refractivity contribution is 6.04. The van der Waals surface area contributed by atoms with Crippen LogP contribution in [0.1, 0.15) is 36.7 Å². The highest BCUT2D eigenvalue weighted by Gasteiger charge is 2.15. The van der Waals surface area contributed by atoms with Crippen molar-refractivity contribution in [3.63, 3.8) is 0 Å². The molecule has 0 aliphatic heterocycles. The van der Waals surface area contributed by atoms with Gasteiger partial charge in [0.25, 0.3) is 5.91 Å². The first-order valence-corrected chi connectivity index (χ1v) is 9.38. The second-order valence-electron chi connectivity index (χ2n) is 7.99. The number of benzene rings is 3. The summed E-state index contributed by atoms with van der Waals surface area (Å²) in [6.45, 7) is 6.50. The van der Waals surface area contributed by atoms with Gasteiger partial charge in [-0.15, -0.1) is 0 Å². The number of anilines is 1. The van der Waals surface area contributed by atoms with Gasteiger partial charge >= 0.3 is 0 Å². The van der Waals surface area contributed by atoms with Crippen LogP contribution in [0.15, 0.2) is 71.1 Å². The van der Waals surface area contributed by atoms with Crippen molar-refractivity contribution in [1.29, 1.82) is 0 Å². The topological polar surface area (TPSA) is 55.1 Å². The molecule has 1 aromatic heterocycles. The van der Waals surface area contributed by atoms with Crippen molar-refractivity contribution >= 4 is 22.7 Å². The van der Waals surface area contributed by atoms with Crippen LogP contribution in [0.2, 0.25) is 0 Å². The van der Waals surface area contributed by atoms with Crippen LogP contribution in [-0.4, -0.2) is 10.9 Å². The number of amides is 1. The fourth-order valence-electron chi connectivity index (χ4n) is 3.07. The maximum absolute atomic E-state index is 13.3. The Kier molecular flexibility index (Phi) is 4.66. The summed E-state index contributed by atoms with van der Waals surface area (Å²) in [7, 11) is 0. The molecular weight excluding hydrogens is 367 g/mol. The van der Waals surface area contributed by atoms with E-state index < -0.39 is 5.82 Å². The number of fused-ring (bicyclic) bond motifs is 1. The molecule has 4 aromatic rings. The van der Waals surface area contributed by atoms with E-state index in [2.05, 4.69) is 43.2 Å². The number of carbonyl (C=O) groups is 1. The Morgan fingerprint density at radius 2 is 1.76 bits per heavy atom. The van der Waals surface area contributed by atoms with Gasteiger partial charge in [0.15, 0.2) is 5.58 Å². The van der Waals surface area contributed by atoms with E-state index in [9.17, 15) is 9.18 Å². The second kappa shape index (κ2) is 7.17. The summed E-state index contributed by atoms with van der Waals surface area (Å²) in [4.78, 5) is 16.9. The first-order chi connectivity index (χ1) is 13.8.